The summed E-state index contributed by atoms with van der Waals surface area (Å²) >= 11 is 0. The molecule has 186 valence electrons. The third-order valence-corrected chi connectivity index (χ3v) is 6.62. The van der Waals surface area contributed by atoms with Gasteiger partial charge in [-0.15, -0.1) is 0 Å². The molecule has 0 spiro atoms. The predicted octanol–water partition coefficient (Wildman–Crippen LogP) is 3.83. The zero-order chi connectivity index (χ0) is 24.8. The van der Waals surface area contributed by atoms with E-state index in [0.717, 1.165) is 17.5 Å². The second kappa shape index (κ2) is 11.4. The van der Waals surface area contributed by atoms with Crippen LogP contribution in [0.3, 0.4) is 0 Å². The van der Waals surface area contributed by atoms with Crippen LogP contribution in [0.4, 0.5) is 4.79 Å². The molecule has 8 nitrogen and oxygen atoms in total. The van der Waals surface area contributed by atoms with Gasteiger partial charge in [0.15, 0.2) is 0 Å². The smallest absolute Gasteiger partial charge is 0.407 e. The molecule has 1 aliphatic heterocycles. The molecule has 2 aromatic carbocycles. The average Bonchev–Trinajstić information content (AvgIpc) is 3.44. The highest BCUT2D eigenvalue weighted by Crippen LogP contribution is 2.44. The molecule has 1 heterocycles. The third kappa shape index (κ3) is 6.00. The van der Waals surface area contributed by atoms with Crippen LogP contribution in [-0.2, 0) is 19.1 Å². The fourth-order valence-electron chi connectivity index (χ4n) is 4.97. The van der Waals surface area contributed by atoms with E-state index in [4.69, 9.17) is 14.6 Å². The van der Waals surface area contributed by atoms with Crippen molar-refractivity contribution < 1.29 is 29.0 Å². The van der Waals surface area contributed by atoms with Gasteiger partial charge in [0.1, 0.15) is 12.7 Å². The Morgan fingerprint density at radius 2 is 1.71 bits per heavy atom. The first-order valence-corrected chi connectivity index (χ1v) is 12.2. The van der Waals surface area contributed by atoms with Gasteiger partial charge in [0.05, 0.1) is 12.5 Å². The molecule has 2 aromatic rings. The summed E-state index contributed by atoms with van der Waals surface area (Å²) in [7, 11) is 0. The summed E-state index contributed by atoms with van der Waals surface area (Å²) in [4.78, 5) is 35.9. The number of ether oxygens (including phenoxy) is 2. The zero-order valence-corrected chi connectivity index (χ0v) is 19.9. The molecule has 2 amide bonds. The maximum absolute atomic E-state index is 12.5. The highest BCUT2D eigenvalue weighted by Gasteiger charge is 2.33. The summed E-state index contributed by atoms with van der Waals surface area (Å²) in [6.45, 7) is 2.42. The number of benzene rings is 2. The van der Waals surface area contributed by atoms with Crippen LogP contribution in [0.15, 0.2) is 48.5 Å². The first-order valence-electron chi connectivity index (χ1n) is 12.2. The maximum atomic E-state index is 12.5. The minimum absolute atomic E-state index is 0.00849. The van der Waals surface area contributed by atoms with Gasteiger partial charge in [-0.05, 0) is 41.5 Å². The van der Waals surface area contributed by atoms with Crippen molar-refractivity contribution in [1.29, 1.82) is 0 Å². The van der Waals surface area contributed by atoms with Crippen molar-refractivity contribution in [3.05, 3.63) is 59.7 Å². The summed E-state index contributed by atoms with van der Waals surface area (Å²) < 4.78 is 11.3. The first kappa shape index (κ1) is 24.7. The Bertz CT molecular complexity index is 1030. The number of nitrogens with one attached hydrogen (secondary N) is 2. The number of carbonyl (C=O) groups excluding carboxylic acids is 2. The van der Waals surface area contributed by atoms with Crippen molar-refractivity contribution in [1.82, 2.24) is 10.6 Å². The van der Waals surface area contributed by atoms with E-state index in [1.54, 1.807) is 0 Å². The van der Waals surface area contributed by atoms with Gasteiger partial charge in [-0.2, -0.15) is 0 Å². The zero-order valence-electron chi connectivity index (χ0n) is 19.9. The van der Waals surface area contributed by atoms with Gasteiger partial charge in [-0.25, -0.2) is 4.79 Å². The standard InChI is InChI=1S/C27H32N2O6/c1-2-7-17(14-25(30)31)29-26(32)24-13-12-18(35-24)15-28-27(33)34-16-23-21-10-5-3-8-19(21)20-9-4-6-11-22(20)23/h3-6,8-11,17-18,23-24H,2,7,12-16H2,1H3,(H,28,33)(H,29,32)(H,30,31)/t17-,18?,24?/m1/s1. The van der Waals surface area contributed by atoms with Gasteiger partial charge in [-0.1, -0.05) is 61.9 Å². The molecule has 1 aliphatic carbocycles. The van der Waals surface area contributed by atoms with Crippen LogP contribution >= 0.6 is 0 Å². The highest BCUT2D eigenvalue weighted by molar-refractivity contribution is 5.82. The Morgan fingerprint density at radius 1 is 1.06 bits per heavy atom. The molecule has 8 heteroatoms. The lowest BCUT2D eigenvalue weighted by Gasteiger charge is -2.19. The Balaban J connectivity index is 1.23. The number of alkyl carbamates (subject to hydrolysis) is 1. The molecule has 0 saturated carbocycles. The van der Waals surface area contributed by atoms with E-state index >= 15 is 0 Å². The van der Waals surface area contributed by atoms with Crippen LogP contribution in [-0.4, -0.2) is 54.5 Å². The van der Waals surface area contributed by atoms with Crippen molar-refractivity contribution in [3.63, 3.8) is 0 Å². The van der Waals surface area contributed by atoms with Crippen molar-refractivity contribution in [2.24, 2.45) is 0 Å². The highest BCUT2D eigenvalue weighted by atomic mass is 16.5. The monoisotopic (exact) mass is 480 g/mol. The maximum Gasteiger partial charge on any atom is 0.407 e. The second-order valence-electron chi connectivity index (χ2n) is 9.12. The topological polar surface area (TPSA) is 114 Å². The Kier molecular flexibility index (Phi) is 8.02. The molecular weight excluding hydrogens is 448 g/mol. The Labute approximate surface area is 205 Å². The molecule has 0 radical (unpaired) electrons. The van der Waals surface area contributed by atoms with E-state index in [1.165, 1.54) is 11.1 Å². The van der Waals surface area contributed by atoms with E-state index in [2.05, 4.69) is 34.9 Å². The SMILES string of the molecule is CCC[C@H](CC(=O)O)NC(=O)C1CCC(CNC(=O)OCC2c3ccccc3-c3ccccc32)O1. The fourth-order valence-corrected chi connectivity index (χ4v) is 4.97. The molecule has 1 saturated heterocycles. The van der Waals surface area contributed by atoms with Gasteiger partial charge in [0.2, 0.25) is 5.91 Å². The molecule has 3 atom stereocenters. The van der Waals surface area contributed by atoms with Crippen LogP contribution in [0, 0.1) is 0 Å². The normalized spacial score (nSPS) is 19.5. The Morgan fingerprint density at radius 3 is 2.34 bits per heavy atom. The lowest BCUT2D eigenvalue weighted by Crippen LogP contribution is -2.43. The van der Waals surface area contributed by atoms with E-state index < -0.39 is 24.2 Å². The van der Waals surface area contributed by atoms with Gasteiger partial charge in [-0.3, -0.25) is 9.59 Å². The molecule has 1 fully saturated rings. The minimum Gasteiger partial charge on any atom is -0.481 e. The fraction of sp³-hybridized carbons (Fsp3) is 0.444. The van der Waals surface area contributed by atoms with E-state index in [9.17, 15) is 14.4 Å². The van der Waals surface area contributed by atoms with Gasteiger partial charge in [0, 0.05) is 18.5 Å². The van der Waals surface area contributed by atoms with Gasteiger partial charge >= 0.3 is 12.1 Å². The molecule has 2 unspecified atom stereocenters. The first-order chi connectivity index (χ1) is 17.0. The number of carboxylic acid groups (broad SMARTS) is 1. The molecule has 0 bridgehead atoms. The Hall–Kier alpha value is -3.39. The third-order valence-electron chi connectivity index (χ3n) is 6.62. The van der Waals surface area contributed by atoms with Crippen LogP contribution in [0.5, 0.6) is 0 Å². The van der Waals surface area contributed by atoms with Crippen LogP contribution in [0.25, 0.3) is 11.1 Å². The summed E-state index contributed by atoms with van der Waals surface area (Å²) in [5.41, 5.74) is 4.65. The number of fused-ring (bicyclic) bond motifs is 3. The predicted molar refractivity (Wildman–Crippen MR) is 130 cm³/mol. The lowest BCUT2D eigenvalue weighted by atomic mass is 9.98. The number of carboxylic acids is 1. The molecule has 3 N–H and O–H groups in total. The minimum atomic E-state index is -0.943. The second-order valence-corrected chi connectivity index (χ2v) is 9.12. The molecule has 0 aromatic heterocycles. The van der Waals surface area contributed by atoms with Crippen molar-refractivity contribution in [3.8, 4) is 11.1 Å². The number of hydrogen-bond donors (Lipinski definition) is 3. The van der Waals surface area contributed by atoms with Crippen molar-refractivity contribution >= 4 is 18.0 Å². The number of hydrogen-bond acceptors (Lipinski definition) is 5. The van der Waals surface area contributed by atoms with E-state index in [0.29, 0.717) is 19.3 Å². The summed E-state index contributed by atoms with van der Waals surface area (Å²) in [6, 6.07) is 15.9. The number of amides is 2. The molecular formula is C27H32N2O6. The van der Waals surface area contributed by atoms with Crippen LogP contribution < -0.4 is 10.6 Å². The molecule has 2 aliphatic rings. The summed E-state index contributed by atoms with van der Waals surface area (Å²) in [5, 5.41) is 14.6. The number of carbonyl (C=O) groups is 3. The van der Waals surface area contributed by atoms with Gasteiger partial charge in [0.25, 0.3) is 0 Å². The van der Waals surface area contributed by atoms with E-state index in [1.807, 2.05) is 31.2 Å². The van der Waals surface area contributed by atoms with Crippen LogP contribution in [0.1, 0.15) is 56.1 Å². The lowest BCUT2D eigenvalue weighted by molar-refractivity contribution is -0.138. The largest absolute Gasteiger partial charge is 0.481 e. The number of rotatable bonds is 10. The summed E-state index contributed by atoms with van der Waals surface area (Å²) in [5.74, 6) is -1.25. The molecule has 35 heavy (non-hydrogen) atoms. The van der Waals surface area contributed by atoms with Crippen LogP contribution in [0.2, 0.25) is 0 Å². The summed E-state index contributed by atoms with van der Waals surface area (Å²) in [6.07, 6.45) is 0.946. The number of aliphatic carboxylic acids is 1. The van der Waals surface area contributed by atoms with E-state index in [-0.39, 0.29) is 37.5 Å². The van der Waals surface area contributed by atoms with Gasteiger partial charge < -0.3 is 25.2 Å². The quantitative estimate of drug-likeness (QED) is 0.476. The van der Waals surface area contributed by atoms with Crippen molar-refractivity contribution in [2.45, 2.75) is 63.2 Å². The average molecular weight is 481 g/mol. The van der Waals surface area contributed by atoms with Crippen molar-refractivity contribution in [2.75, 3.05) is 13.2 Å². The molecule has 4 rings (SSSR count).